The van der Waals surface area contributed by atoms with Crippen molar-refractivity contribution in [3.63, 3.8) is 0 Å². The number of aliphatic hydroxyl groups excluding tert-OH is 1. The van der Waals surface area contributed by atoms with E-state index < -0.39 is 0 Å². The molecular weight excluding hydrogens is 254 g/mol. The molecule has 5 heteroatoms. The minimum Gasteiger partial charge on any atom is -0.392 e. The number of aliphatic hydroxyl groups is 1. The molecule has 0 amide bonds. The fourth-order valence-electron chi connectivity index (χ4n) is 2.69. The highest BCUT2D eigenvalue weighted by Crippen LogP contribution is 2.21. The Balaban J connectivity index is 1.65. The average Bonchev–Trinajstić information content (AvgIpc) is 2.85. The first-order valence-corrected chi connectivity index (χ1v) is 7.25. The number of piperazine rings is 1. The van der Waals surface area contributed by atoms with E-state index in [1.807, 2.05) is 0 Å². The summed E-state index contributed by atoms with van der Waals surface area (Å²) in [4.78, 5) is 7.59. The first-order chi connectivity index (χ1) is 9.86. The quantitative estimate of drug-likeness (QED) is 0.800. The zero-order valence-electron chi connectivity index (χ0n) is 11.6. The molecule has 1 unspecified atom stereocenters. The van der Waals surface area contributed by atoms with E-state index in [0.717, 1.165) is 43.9 Å². The fourth-order valence-corrected chi connectivity index (χ4v) is 2.69. The Morgan fingerprint density at radius 3 is 2.90 bits per heavy atom. The lowest BCUT2D eigenvalue weighted by atomic mass is 10.0. The third-order valence-electron chi connectivity index (χ3n) is 3.85. The van der Waals surface area contributed by atoms with Crippen molar-refractivity contribution in [2.24, 2.45) is 5.16 Å². The van der Waals surface area contributed by atoms with Crippen LogP contribution >= 0.6 is 0 Å². The van der Waals surface area contributed by atoms with Gasteiger partial charge in [0, 0.05) is 38.3 Å². The molecule has 108 valence electrons. The third-order valence-corrected chi connectivity index (χ3v) is 3.85. The van der Waals surface area contributed by atoms with Crippen LogP contribution in [0.4, 0.5) is 0 Å². The number of nitrogens with one attached hydrogen (secondary N) is 1. The Labute approximate surface area is 119 Å². The van der Waals surface area contributed by atoms with Crippen molar-refractivity contribution in [1.29, 1.82) is 0 Å². The maximum atomic E-state index is 9.09. The number of nitrogens with zero attached hydrogens (tertiary/aromatic N) is 2. The summed E-state index contributed by atoms with van der Waals surface area (Å²) in [6.07, 6.45) is 10.1. The Hall–Kier alpha value is -1.59. The van der Waals surface area contributed by atoms with Crippen molar-refractivity contribution in [1.82, 2.24) is 10.2 Å². The smallest absolute Gasteiger partial charge is 0.156 e. The first kappa shape index (κ1) is 13.4. The van der Waals surface area contributed by atoms with Gasteiger partial charge in [-0.1, -0.05) is 23.4 Å². The normalized spacial score (nSPS) is 26.6. The van der Waals surface area contributed by atoms with Gasteiger partial charge >= 0.3 is 0 Å². The van der Waals surface area contributed by atoms with Gasteiger partial charge in [-0.05, 0) is 18.1 Å². The summed E-state index contributed by atoms with van der Waals surface area (Å²) in [5.74, 6) is 0. The van der Waals surface area contributed by atoms with E-state index in [-0.39, 0.29) is 12.7 Å². The molecule has 5 nitrogen and oxygen atoms in total. The van der Waals surface area contributed by atoms with Crippen LogP contribution in [-0.2, 0) is 4.84 Å². The van der Waals surface area contributed by atoms with Crippen molar-refractivity contribution in [2.45, 2.75) is 18.9 Å². The van der Waals surface area contributed by atoms with E-state index in [1.165, 1.54) is 5.70 Å². The van der Waals surface area contributed by atoms with Gasteiger partial charge in [0.1, 0.15) is 0 Å². The third kappa shape index (κ3) is 2.94. The van der Waals surface area contributed by atoms with Crippen LogP contribution in [0.2, 0.25) is 0 Å². The molecule has 0 aromatic rings. The summed E-state index contributed by atoms with van der Waals surface area (Å²) in [5.41, 5.74) is 3.34. The lowest BCUT2D eigenvalue weighted by Gasteiger charge is -2.30. The maximum Gasteiger partial charge on any atom is 0.156 e. The van der Waals surface area contributed by atoms with E-state index in [4.69, 9.17) is 9.94 Å². The van der Waals surface area contributed by atoms with Crippen LogP contribution in [-0.4, -0.2) is 54.6 Å². The predicted molar refractivity (Wildman–Crippen MR) is 78.4 cm³/mol. The highest BCUT2D eigenvalue weighted by Gasteiger charge is 2.22. The molecule has 0 bridgehead atoms. The molecule has 0 aromatic carbocycles. The van der Waals surface area contributed by atoms with Crippen molar-refractivity contribution in [2.75, 3.05) is 32.8 Å². The number of oxime groups is 1. The van der Waals surface area contributed by atoms with Gasteiger partial charge in [0.2, 0.25) is 0 Å². The second kappa shape index (κ2) is 6.24. The molecular formula is C15H21N3O2. The monoisotopic (exact) mass is 275 g/mol. The number of allylic oxidation sites excluding steroid dienone is 5. The average molecular weight is 275 g/mol. The van der Waals surface area contributed by atoms with Gasteiger partial charge in [0.05, 0.1) is 12.3 Å². The molecule has 20 heavy (non-hydrogen) atoms. The lowest BCUT2D eigenvalue weighted by Crippen LogP contribution is -2.42. The highest BCUT2D eigenvalue weighted by atomic mass is 16.6. The van der Waals surface area contributed by atoms with Crippen molar-refractivity contribution in [3.05, 3.63) is 35.6 Å². The molecule has 2 aliphatic heterocycles. The van der Waals surface area contributed by atoms with E-state index in [2.05, 4.69) is 39.7 Å². The summed E-state index contributed by atoms with van der Waals surface area (Å²) >= 11 is 0. The SMILES string of the molecule is OCC1CC(C2=CCC=C(N3CCNCC3)C=C2)=NO1. The van der Waals surface area contributed by atoms with Crippen LogP contribution in [0.25, 0.3) is 0 Å². The second-order valence-corrected chi connectivity index (χ2v) is 5.25. The maximum absolute atomic E-state index is 9.09. The zero-order valence-corrected chi connectivity index (χ0v) is 11.6. The van der Waals surface area contributed by atoms with Gasteiger partial charge in [0.15, 0.2) is 6.10 Å². The molecule has 1 saturated heterocycles. The van der Waals surface area contributed by atoms with E-state index in [0.29, 0.717) is 6.42 Å². The Morgan fingerprint density at radius 1 is 1.30 bits per heavy atom. The van der Waals surface area contributed by atoms with E-state index >= 15 is 0 Å². The second-order valence-electron chi connectivity index (χ2n) is 5.25. The molecule has 2 N–H and O–H groups in total. The first-order valence-electron chi connectivity index (χ1n) is 7.25. The van der Waals surface area contributed by atoms with Gasteiger partial charge in [-0.25, -0.2) is 0 Å². The molecule has 2 heterocycles. The van der Waals surface area contributed by atoms with Crippen LogP contribution in [0.3, 0.4) is 0 Å². The number of hydrogen-bond donors (Lipinski definition) is 2. The van der Waals surface area contributed by atoms with Gasteiger partial charge in [-0.2, -0.15) is 0 Å². The van der Waals surface area contributed by atoms with Crippen molar-refractivity contribution < 1.29 is 9.94 Å². The Bertz CT molecular complexity index is 474. The Morgan fingerprint density at radius 2 is 2.15 bits per heavy atom. The molecule has 3 aliphatic rings. The molecule has 0 saturated carbocycles. The molecule has 1 atom stereocenters. The van der Waals surface area contributed by atoms with Gasteiger partial charge in [-0.3, -0.25) is 0 Å². The van der Waals surface area contributed by atoms with Gasteiger partial charge in [-0.15, -0.1) is 0 Å². The molecule has 0 spiro atoms. The van der Waals surface area contributed by atoms with Crippen LogP contribution < -0.4 is 5.32 Å². The summed E-state index contributed by atoms with van der Waals surface area (Å²) in [7, 11) is 0. The van der Waals surface area contributed by atoms with Crippen LogP contribution in [0, 0.1) is 0 Å². The summed E-state index contributed by atoms with van der Waals surface area (Å²) in [5, 5.41) is 16.5. The lowest BCUT2D eigenvalue weighted by molar-refractivity contribution is 0.0390. The predicted octanol–water partition coefficient (Wildman–Crippen LogP) is 0.799. The van der Waals surface area contributed by atoms with Crippen molar-refractivity contribution in [3.8, 4) is 0 Å². The minimum absolute atomic E-state index is 0.0221. The number of rotatable bonds is 3. The largest absolute Gasteiger partial charge is 0.392 e. The van der Waals surface area contributed by atoms with E-state index in [9.17, 15) is 0 Å². The molecule has 1 fully saturated rings. The van der Waals surface area contributed by atoms with Crippen molar-refractivity contribution >= 4 is 5.71 Å². The number of hydrogen-bond acceptors (Lipinski definition) is 5. The fraction of sp³-hybridized carbons (Fsp3) is 0.533. The standard InChI is InChI=1S/C15H21N3O2/c19-11-14-10-15(17-20-14)12-2-1-3-13(5-4-12)18-8-6-16-7-9-18/h2-5,14,16,19H,1,6-11H2. The zero-order chi connectivity index (χ0) is 13.8. The van der Waals surface area contributed by atoms with Gasteiger partial charge < -0.3 is 20.2 Å². The minimum atomic E-state index is -0.178. The summed E-state index contributed by atoms with van der Waals surface area (Å²) in [6.45, 7) is 4.23. The van der Waals surface area contributed by atoms with Crippen LogP contribution in [0.15, 0.2) is 40.7 Å². The molecule has 3 rings (SSSR count). The van der Waals surface area contributed by atoms with Crippen LogP contribution in [0.5, 0.6) is 0 Å². The van der Waals surface area contributed by atoms with Gasteiger partial charge in [0.25, 0.3) is 0 Å². The topological polar surface area (TPSA) is 57.1 Å². The molecule has 0 radical (unpaired) electrons. The molecule has 1 aliphatic carbocycles. The highest BCUT2D eigenvalue weighted by molar-refractivity contribution is 6.03. The molecule has 0 aromatic heterocycles. The Kier molecular flexibility index (Phi) is 4.18. The summed E-state index contributed by atoms with van der Waals surface area (Å²) < 4.78 is 0. The summed E-state index contributed by atoms with van der Waals surface area (Å²) in [6, 6.07) is 0. The van der Waals surface area contributed by atoms with Crippen LogP contribution in [0.1, 0.15) is 12.8 Å². The van der Waals surface area contributed by atoms with E-state index in [1.54, 1.807) is 0 Å².